The molecule has 0 radical (unpaired) electrons. The van der Waals surface area contributed by atoms with Gasteiger partial charge in [0, 0.05) is 5.88 Å². The largest absolute Gasteiger partial charge is 0.495 e. The van der Waals surface area contributed by atoms with Crippen molar-refractivity contribution in [3.63, 3.8) is 0 Å². The number of nitrogens with zero attached hydrogens (tertiary/aromatic N) is 1. The number of hydrogen-bond acceptors (Lipinski definition) is 2. The van der Waals surface area contributed by atoms with Crippen LogP contribution in [0.25, 0.3) is 6.08 Å². The van der Waals surface area contributed by atoms with Crippen LogP contribution < -0.4 is 4.74 Å². The molecular formula is C12H12ClNO. The molecular weight excluding hydrogens is 210 g/mol. The summed E-state index contributed by atoms with van der Waals surface area (Å²) in [4.78, 5) is 0. The van der Waals surface area contributed by atoms with Crippen molar-refractivity contribution in [2.45, 2.75) is 6.42 Å². The van der Waals surface area contributed by atoms with Gasteiger partial charge in [-0.1, -0.05) is 18.2 Å². The molecule has 0 saturated carbocycles. The van der Waals surface area contributed by atoms with E-state index in [1.165, 1.54) is 0 Å². The summed E-state index contributed by atoms with van der Waals surface area (Å²) < 4.78 is 5.10. The number of hydrogen-bond donors (Lipinski definition) is 0. The molecule has 2 nitrogen and oxygen atoms in total. The van der Waals surface area contributed by atoms with Crippen LogP contribution in [0.4, 0.5) is 0 Å². The maximum atomic E-state index is 8.79. The lowest BCUT2D eigenvalue weighted by Gasteiger charge is -2.03. The molecule has 0 spiro atoms. The molecule has 0 unspecified atom stereocenters. The minimum Gasteiger partial charge on any atom is -0.495 e. The quantitative estimate of drug-likeness (QED) is 0.732. The highest BCUT2D eigenvalue weighted by Crippen LogP contribution is 2.20. The molecule has 0 fully saturated rings. The lowest BCUT2D eigenvalue weighted by atomic mass is 10.1. The second-order valence-electron chi connectivity index (χ2n) is 2.95. The first-order valence-corrected chi connectivity index (χ1v) is 5.16. The van der Waals surface area contributed by atoms with Crippen LogP contribution in [0, 0.1) is 11.3 Å². The molecule has 0 aromatic heterocycles. The molecule has 0 aliphatic heterocycles. The normalized spacial score (nSPS) is 10.2. The van der Waals surface area contributed by atoms with Gasteiger partial charge in [0.25, 0.3) is 0 Å². The number of methoxy groups -OCH3 is 1. The van der Waals surface area contributed by atoms with Crippen molar-refractivity contribution in [3.8, 4) is 11.8 Å². The summed E-state index contributed by atoms with van der Waals surface area (Å²) in [6.07, 6.45) is 4.80. The van der Waals surface area contributed by atoms with Crippen LogP contribution >= 0.6 is 11.6 Å². The Morgan fingerprint density at radius 1 is 1.53 bits per heavy atom. The first kappa shape index (κ1) is 11.6. The van der Waals surface area contributed by atoms with E-state index in [0.29, 0.717) is 17.2 Å². The van der Waals surface area contributed by atoms with Gasteiger partial charge in [0.1, 0.15) is 11.8 Å². The second-order valence-corrected chi connectivity index (χ2v) is 3.33. The molecule has 1 aromatic rings. The van der Waals surface area contributed by atoms with Gasteiger partial charge in [-0.15, -0.1) is 11.6 Å². The lowest BCUT2D eigenvalue weighted by Crippen LogP contribution is -1.88. The van der Waals surface area contributed by atoms with Crippen LogP contribution in [0.1, 0.15) is 17.5 Å². The van der Waals surface area contributed by atoms with Crippen LogP contribution in [-0.2, 0) is 0 Å². The highest BCUT2D eigenvalue weighted by Gasteiger charge is 2.01. The molecule has 0 atom stereocenters. The molecule has 0 amide bonds. The standard InChI is InChI=1S/C12H12ClNO/c1-15-12-8-10(4-2-3-7-13)5-6-11(12)9-14/h2,4-6,8H,3,7H2,1H3. The molecule has 3 heteroatoms. The first-order valence-electron chi connectivity index (χ1n) is 4.62. The summed E-state index contributed by atoms with van der Waals surface area (Å²) in [5.74, 6) is 1.22. The summed E-state index contributed by atoms with van der Waals surface area (Å²) in [6.45, 7) is 0. The van der Waals surface area contributed by atoms with E-state index in [0.717, 1.165) is 12.0 Å². The molecule has 0 aliphatic rings. The molecule has 78 valence electrons. The smallest absolute Gasteiger partial charge is 0.137 e. The van der Waals surface area contributed by atoms with Crippen LogP contribution in [0.2, 0.25) is 0 Å². The van der Waals surface area contributed by atoms with Crippen molar-refractivity contribution in [2.75, 3.05) is 13.0 Å². The third kappa shape index (κ3) is 3.30. The van der Waals surface area contributed by atoms with Crippen LogP contribution in [0.15, 0.2) is 24.3 Å². The van der Waals surface area contributed by atoms with Gasteiger partial charge in [0.2, 0.25) is 0 Å². The summed E-state index contributed by atoms with van der Waals surface area (Å²) in [5.41, 5.74) is 1.56. The van der Waals surface area contributed by atoms with Gasteiger partial charge in [-0.2, -0.15) is 5.26 Å². The van der Waals surface area contributed by atoms with Gasteiger partial charge in [0.05, 0.1) is 12.7 Å². The molecule has 0 aliphatic carbocycles. The monoisotopic (exact) mass is 221 g/mol. The van der Waals surface area contributed by atoms with E-state index in [9.17, 15) is 0 Å². The third-order valence-electron chi connectivity index (χ3n) is 1.93. The SMILES string of the molecule is COc1cc(C=CCCCl)ccc1C#N. The molecule has 0 saturated heterocycles. The number of ether oxygens (including phenoxy) is 1. The first-order chi connectivity index (χ1) is 7.31. The molecule has 15 heavy (non-hydrogen) atoms. The Balaban J connectivity index is 2.89. The number of alkyl halides is 1. The van der Waals surface area contributed by atoms with Gasteiger partial charge >= 0.3 is 0 Å². The van der Waals surface area contributed by atoms with Crippen molar-refractivity contribution >= 4 is 17.7 Å². The zero-order chi connectivity index (χ0) is 11.1. The average molecular weight is 222 g/mol. The van der Waals surface area contributed by atoms with Crippen molar-refractivity contribution in [1.29, 1.82) is 5.26 Å². The molecule has 0 N–H and O–H groups in total. The number of rotatable bonds is 4. The lowest BCUT2D eigenvalue weighted by molar-refractivity contribution is 0.413. The van der Waals surface area contributed by atoms with Gasteiger partial charge in [-0.3, -0.25) is 0 Å². The number of halogens is 1. The highest BCUT2D eigenvalue weighted by atomic mass is 35.5. The molecule has 0 bridgehead atoms. The summed E-state index contributed by atoms with van der Waals surface area (Å²) >= 11 is 5.55. The molecule has 0 heterocycles. The zero-order valence-corrected chi connectivity index (χ0v) is 9.29. The van der Waals surface area contributed by atoms with E-state index in [-0.39, 0.29) is 0 Å². The van der Waals surface area contributed by atoms with Gasteiger partial charge < -0.3 is 4.74 Å². The van der Waals surface area contributed by atoms with Crippen molar-refractivity contribution in [2.24, 2.45) is 0 Å². The van der Waals surface area contributed by atoms with Gasteiger partial charge in [-0.25, -0.2) is 0 Å². The zero-order valence-electron chi connectivity index (χ0n) is 8.53. The van der Waals surface area contributed by atoms with Crippen LogP contribution in [0.5, 0.6) is 5.75 Å². The fourth-order valence-corrected chi connectivity index (χ4v) is 1.31. The Bertz CT molecular complexity index is 393. The topological polar surface area (TPSA) is 33.0 Å². The number of benzene rings is 1. The van der Waals surface area contributed by atoms with E-state index in [2.05, 4.69) is 6.07 Å². The number of nitriles is 1. The van der Waals surface area contributed by atoms with Crippen molar-refractivity contribution in [3.05, 3.63) is 35.4 Å². The summed E-state index contributed by atoms with van der Waals surface area (Å²) in [6, 6.07) is 7.54. The highest BCUT2D eigenvalue weighted by molar-refractivity contribution is 6.17. The van der Waals surface area contributed by atoms with E-state index < -0.39 is 0 Å². The van der Waals surface area contributed by atoms with Crippen molar-refractivity contribution in [1.82, 2.24) is 0 Å². The Morgan fingerprint density at radius 3 is 2.93 bits per heavy atom. The maximum Gasteiger partial charge on any atom is 0.137 e. The van der Waals surface area contributed by atoms with E-state index in [4.69, 9.17) is 21.6 Å². The minimum atomic E-state index is 0.548. The second kappa shape index (κ2) is 6.10. The predicted molar refractivity (Wildman–Crippen MR) is 62.1 cm³/mol. The number of allylic oxidation sites excluding steroid dienone is 1. The van der Waals surface area contributed by atoms with Crippen LogP contribution in [0.3, 0.4) is 0 Å². The third-order valence-corrected chi connectivity index (χ3v) is 2.15. The Kier molecular flexibility index (Phi) is 4.73. The van der Waals surface area contributed by atoms with Crippen LogP contribution in [-0.4, -0.2) is 13.0 Å². The summed E-state index contributed by atoms with van der Waals surface area (Å²) in [5, 5.41) is 8.79. The maximum absolute atomic E-state index is 8.79. The predicted octanol–water partition coefficient (Wildman–Crippen LogP) is 3.21. The summed E-state index contributed by atoms with van der Waals surface area (Å²) in [7, 11) is 1.56. The van der Waals surface area contributed by atoms with Crippen molar-refractivity contribution < 1.29 is 4.74 Å². The minimum absolute atomic E-state index is 0.548. The van der Waals surface area contributed by atoms with Gasteiger partial charge in [0.15, 0.2) is 0 Å². The van der Waals surface area contributed by atoms with E-state index in [1.54, 1.807) is 13.2 Å². The van der Waals surface area contributed by atoms with E-state index >= 15 is 0 Å². The molecule has 1 aromatic carbocycles. The average Bonchev–Trinajstić information content (AvgIpc) is 2.29. The fraction of sp³-hybridized carbons (Fsp3) is 0.250. The Labute approximate surface area is 94.7 Å². The van der Waals surface area contributed by atoms with Gasteiger partial charge in [-0.05, 0) is 24.1 Å². The van der Waals surface area contributed by atoms with E-state index in [1.807, 2.05) is 24.3 Å². The molecule has 1 rings (SSSR count). The fourth-order valence-electron chi connectivity index (χ4n) is 1.19. The Hall–Kier alpha value is -1.46. The Morgan fingerprint density at radius 2 is 2.33 bits per heavy atom.